The van der Waals surface area contributed by atoms with E-state index < -0.39 is 0 Å². The third-order valence-electron chi connectivity index (χ3n) is 3.34. The molecule has 0 aliphatic rings. The maximum Gasteiger partial charge on any atom is 0.0752 e. The van der Waals surface area contributed by atoms with Crippen molar-refractivity contribution in [3.8, 4) is 0 Å². The molecule has 0 aliphatic heterocycles. The second-order valence-electron chi connectivity index (χ2n) is 5.03. The van der Waals surface area contributed by atoms with Gasteiger partial charge in [0, 0.05) is 0 Å². The third kappa shape index (κ3) is 6.71. The maximum absolute atomic E-state index is 9.20. The molecule has 1 rings (SSSR count). The van der Waals surface area contributed by atoms with Crippen molar-refractivity contribution in [1.82, 2.24) is 0 Å². The lowest BCUT2D eigenvalue weighted by molar-refractivity contribution is 0.00397. The molecule has 0 aliphatic carbocycles. The number of aliphatic hydroxyl groups is 1. The average Bonchev–Trinajstić information content (AvgIpc) is 2.47. The Kier molecular flexibility index (Phi) is 8.47. The van der Waals surface area contributed by atoms with Gasteiger partial charge < -0.3 is 15.6 Å². The monoisotopic (exact) mass is 265 g/mol. The first-order valence-corrected chi connectivity index (χ1v) is 7.30. The van der Waals surface area contributed by atoms with Crippen molar-refractivity contribution >= 4 is 0 Å². The lowest BCUT2D eigenvalue weighted by Gasteiger charge is -2.23. The largest absolute Gasteiger partial charge is 0.395 e. The van der Waals surface area contributed by atoms with Gasteiger partial charge >= 0.3 is 0 Å². The van der Waals surface area contributed by atoms with Gasteiger partial charge in [0.25, 0.3) is 0 Å². The van der Waals surface area contributed by atoms with Crippen LogP contribution in [0, 0.1) is 0 Å². The molecule has 0 saturated heterocycles. The molecule has 0 heterocycles. The SMILES string of the molecule is CCCCCC[C@@H](OCc1ccccc1)[C@@H](N)CO. The number of hydrogen-bond donors (Lipinski definition) is 2. The number of unbranched alkanes of at least 4 members (excludes halogenated alkanes) is 3. The van der Waals surface area contributed by atoms with Gasteiger partial charge in [-0.1, -0.05) is 62.9 Å². The molecular weight excluding hydrogens is 238 g/mol. The van der Waals surface area contributed by atoms with Gasteiger partial charge in [0.2, 0.25) is 0 Å². The van der Waals surface area contributed by atoms with Crippen LogP contribution >= 0.6 is 0 Å². The van der Waals surface area contributed by atoms with E-state index >= 15 is 0 Å². The molecule has 0 fully saturated rings. The molecule has 0 aromatic heterocycles. The molecule has 0 amide bonds. The van der Waals surface area contributed by atoms with Crippen LogP contribution in [0.5, 0.6) is 0 Å². The van der Waals surface area contributed by atoms with E-state index in [1.807, 2.05) is 30.3 Å². The maximum atomic E-state index is 9.20. The van der Waals surface area contributed by atoms with E-state index in [2.05, 4.69) is 6.92 Å². The summed E-state index contributed by atoms with van der Waals surface area (Å²) in [5.41, 5.74) is 7.07. The van der Waals surface area contributed by atoms with E-state index in [1.54, 1.807) is 0 Å². The highest BCUT2D eigenvalue weighted by Gasteiger charge is 2.17. The van der Waals surface area contributed by atoms with Gasteiger partial charge in [-0.25, -0.2) is 0 Å². The van der Waals surface area contributed by atoms with Crippen LogP contribution < -0.4 is 5.73 Å². The summed E-state index contributed by atoms with van der Waals surface area (Å²) in [5.74, 6) is 0. The highest BCUT2D eigenvalue weighted by molar-refractivity contribution is 5.13. The quantitative estimate of drug-likeness (QED) is 0.640. The van der Waals surface area contributed by atoms with E-state index in [1.165, 1.54) is 19.3 Å². The first-order valence-electron chi connectivity index (χ1n) is 7.30. The minimum atomic E-state index is -0.287. The minimum Gasteiger partial charge on any atom is -0.395 e. The Morgan fingerprint density at radius 1 is 1.16 bits per heavy atom. The van der Waals surface area contributed by atoms with Gasteiger partial charge in [-0.15, -0.1) is 0 Å². The molecule has 0 spiro atoms. The van der Waals surface area contributed by atoms with Gasteiger partial charge in [0.1, 0.15) is 0 Å². The summed E-state index contributed by atoms with van der Waals surface area (Å²) in [6.45, 7) is 2.74. The van der Waals surface area contributed by atoms with Crippen molar-refractivity contribution in [2.75, 3.05) is 6.61 Å². The highest BCUT2D eigenvalue weighted by Crippen LogP contribution is 2.13. The number of nitrogens with two attached hydrogens (primary N) is 1. The molecule has 108 valence electrons. The summed E-state index contributed by atoms with van der Waals surface area (Å²) in [7, 11) is 0. The van der Waals surface area contributed by atoms with Crippen LogP contribution in [0.4, 0.5) is 0 Å². The average molecular weight is 265 g/mol. The van der Waals surface area contributed by atoms with E-state index in [0.717, 1.165) is 18.4 Å². The summed E-state index contributed by atoms with van der Waals surface area (Å²) in [4.78, 5) is 0. The lowest BCUT2D eigenvalue weighted by Crippen LogP contribution is -2.39. The van der Waals surface area contributed by atoms with Crippen molar-refractivity contribution in [2.24, 2.45) is 5.73 Å². The Morgan fingerprint density at radius 2 is 1.89 bits per heavy atom. The molecular formula is C16H27NO2. The number of hydrogen-bond acceptors (Lipinski definition) is 3. The zero-order chi connectivity index (χ0) is 13.9. The molecule has 2 atom stereocenters. The highest BCUT2D eigenvalue weighted by atomic mass is 16.5. The van der Waals surface area contributed by atoms with Gasteiger partial charge in [-0.3, -0.25) is 0 Å². The fourth-order valence-electron chi connectivity index (χ4n) is 2.09. The van der Waals surface area contributed by atoms with E-state index in [-0.39, 0.29) is 18.8 Å². The second kappa shape index (κ2) is 9.96. The van der Waals surface area contributed by atoms with Crippen LogP contribution in [0.15, 0.2) is 30.3 Å². The van der Waals surface area contributed by atoms with E-state index in [9.17, 15) is 5.11 Å². The van der Waals surface area contributed by atoms with Crippen LogP contribution in [0.3, 0.4) is 0 Å². The van der Waals surface area contributed by atoms with Crippen molar-refractivity contribution in [3.63, 3.8) is 0 Å². The summed E-state index contributed by atoms with van der Waals surface area (Å²) in [6.07, 6.45) is 5.67. The first-order chi connectivity index (χ1) is 9.27. The standard InChI is InChI=1S/C16H27NO2/c1-2-3-4-8-11-16(15(17)12-18)19-13-14-9-6-5-7-10-14/h5-7,9-10,15-16,18H,2-4,8,11-13,17H2,1H3/t15-,16+/m0/s1. The Morgan fingerprint density at radius 3 is 2.53 bits per heavy atom. The summed E-state index contributed by atoms with van der Waals surface area (Å²) < 4.78 is 5.88. The molecule has 0 radical (unpaired) electrons. The number of rotatable bonds is 10. The molecule has 19 heavy (non-hydrogen) atoms. The van der Waals surface area contributed by atoms with Crippen molar-refractivity contribution in [1.29, 1.82) is 0 Å². The Hall–Kier alpha value is -0.900. The molecule has 1 aromatic rings. The molecule has 1 aromatic carbocycles. The number of benzene rings is 1. The van der Waals surface area contributed by atoms with Gasteiger partial charge in [0.15, 0.2) is 0 Å². The zero-order valence-electron chi connectivity index (χ0n) is 11.9. The van der Waals surface area contributed by atoms with Gasteiger partial charge in [-0.2, -0.15) is 0 Å². The van der Waals surface area contributed by atoms with Gasteiger partial charge in [0.05, 0.1) is 25.4 Å². The van der Waals surface area contributed by atoms with Crippen LogP contribution in [-0.2, 0) is 11.3 Å². The Bertz CT molecular complexity index is 316. The van der Waals surface area contributed by atoms with E-state index in [4.69, 9.17) is 10.5 Å². The summed E-state index contributed by atoms with van der Waals surface area (Å²) in [5, 5.41) is 9.20. The smallest absolute Gasteiger partial charge is 0.0752 e. The first kappa shape index (κ1) is 16.2. The fourth-order valence-corrected chi connectivity index (χ4v) is 2.09. The zero-order valence-corrected chi connectivity index (χ0v) is 11.9. The lowest BCUT2D eigenvalue weighted by atomic mass is 10.0. The third-order valence-corrected chi connectivity index (χ3v) is 3.34. The van der Waals surface area contributed by atoms with Crippen LogP contribution in [0.25, 0.3) is 0 Å². The minimum absolute atomic E-state index is 0.0206. The van der Waals surface area contributed by atoms with Crippen LogP contribution in [-0.4, -0.2) is 23.9 Å². The Labute approximate surface area is 116 Å². The predicted molar refractivity (Wildman–Crippen MR) is 78.8 cm³/mol. The van der Waals surface area contributed by atoms with Crippen molar-refractivity contribution < 1.29 is 9.84 Å². The van der Waals surface area contributed by atoms with E-state index in [0.29, 0.717) is 6.61 Å². The molecule has 3 N–H and O–H groups in total. The fraction of sp³-hybridized carbons (Fsp3) is 0.625. The summed E-state index contributed by atoms with van der Waals surface area (Å²) in [6, 6.07) is 9.79. The normalized spacial score (nSPS) is 14.3. The topological polar surface area (TPSA) is 55.5 Å². The van der Waals surface area contributed by atoms with Crippen LogP contribution in [0.1, 0.15) is 44.6 Å². The molecule has 3 heteroatoms. The molecule has 0 saturated carbocycles. The molecule has 0 unspecified atom stereocenters. The molecule has 0 bridgehead atoms. The molecule has 3 nitrogen and oxygen atoms in total. The Balaban J connectivity index is 2.36. The van der Waals surface area contributed by atoms with Gasteiger partial charge in [-0.05, 0) is 12.0 Å². The summed E-state index contributed by atoms with van der Waals surface area (Å²) >= 11 is 0. The number of aliphatic hydroxyl groups excluding tert-OH is 1. The van der Waals surface area contributed by atoms with Crippen molar-refractivity contribution in [3.05, 3.63) is 35.9 Å². The predicted octanol–water partition coefficient (Wildman–Crippen LogP) is 2.86. The van der Waals surface area contributed by atoms with Crippen molar-refractivity contribution in [2.45, 2.75) is 57.8 Å². The van der Waals surface area contributed by atoms with Crippen LogP contribution in [0.2, 0.25) is 0 Å². The second-order valence-corrected chi connectivity index (χ2v) is 5.03. The number of ether oxygens (including phenoxy) is 1.